The minimum atomic E-state index is -0.934. The Bertz CT molecular complexity index is 972. The van der Waals surface area contributed by atoms with Crippen LogP contribution in [0.15, 0.2) is 47.4 Å². The van der Waals surface area contributed by atoms with Crippen LogP contribution in [-0.4, -0.2) is 21.5 Å². The highest BCUT2D eigenvalue weighted by molar-refractivity contribution is 5.57. The zero-order chi connectivity index (χ0) is 18.5. The summed E-state index contributed by atoms with van der Waals surface area (Å²) in [7, 11) is 0. The van der Waals surface area contributed by atoms with E-state index >= 15 is 0 Å². The Morgan fingerprint density at radius 2 is 1.92 bits per heavy atom. The monoisotopic (exact) mass is 356 g/mol. The minimum absolute atomic E-state index is 0.140. The van der Waals surface area contributed by atoms with Crippen molar-refractivity contribution in [2.24, 2.45) is 0 Å². The molecule has 0 aliphatic rings. The number of pyridine rings is 1. The molecule has 3 aromatic rings. The van der Waals surface area contributed by atoms with Crippen LogP contribution in [0.4, 0.5) is 14.6 Å². The molecule has 0 spiro atoms. The van der Waals surface area contributed by atoms with Crippen LogP contribution in [0.1, 0.15) is 18.2 Å². The molecule has 0 unspecified atom stereocenters. The van der Waals surface area contributed by atoms with Crippen molar-refractivity contribution >= 4 is 5.82 Å². The van der Waals surface area contributed by atoms with Crippen LogP contribution in [0.3, 0.4) is 0 Å². The highest BCUT2D eigenvalue weighted by Crippen LogP contribution is 2.20. The maximum absolute atomic E-state index is 13.5. The first-order valence-corrected chi connectivity index (χ1v) is 8.30. The molecule has 0 amide bonds. The number of hydrogen-bond acceptors (Lipinski definition) is 4. The Labute approximate surface area is 149 Å². The van der Waals surface area contributed by atoms with Crippen molar-refractivity contribution in [3.63, 3.8) is 0 Å². The molecule has 0 atom stereocenters. The quantitative estimate of drug-likeness (QED) is 0.711. The van der Waals surface area contributed by atoms with E-state index in [9.17, 15) is 13.6 Å². The number of halogens is 2. The van der Waals surface area contributed by atoms with Crippen LogP contribution in [0.2, 0.25) is 0 Å². The Morgan fingerprint density at radius 3 is 2.65 bits per heavy atom. The van der Waals surface area contributed by atoms with Gasteiger partial charge in [-0.15, -0.1) is 0 Å². The first-order chi connectivity index (χ1) is 12.5. The number of rotatable bonds is 6. The number of nitrogens with zero attached hydrogens (tertiary/aromatic N) is 2. The van der Waals surface area contributed by atoms with Gasteiger partial charge in [0.15, 0.2) is 17.5 Å². The predicted octanol–water partition coefficient (Wildman–Crippen LogP) is 3.33. The van der Waals surface area contributed by atoms with Gasteiger partial charge in [0.2, 0.25) is 5.56 Å². The van der Waals surface area contributed by atoms with Gasteiger partial charge in [0, 0.05) is 36.1 Å². The van der Waals surface area contributed by atoms with E-state index in [1.165, 1.54) is 6.07 Å². The lowest BCUT2D eigenvalue weighted by atomic mass is 10.2. The van der Waals surface area contributed by atoms with Gasteiger partial charge in [0.05, 0.1) is 0 Å². The Kier molecular flexibility index (Phi) is 5.36. The Morgan fingerprint density at radius 1 is 1.08 bits per heavy atom. The SMILES string of the molecule is CCc1cc(NCCc2cc[nH]c(=O)c2)nc(-c2ccc(F)c(F)c2)n1. The van der Waals surface area contributed by atoms with Gasteiger partial charge >= 0.3 is 0 Å². The van der Waals surface area contributed by atoms with Crippen LogP contribution in [0.5, 0.6) is 0 Å². The summed E-state index contributed by atoms with van der Waals surface area (Å²) in [4.78, 5) is 22.7. The standard InChI is InChI=1S/C19H18F2N4O/c1-2-14-11-17(22-7-5-12-6-8-23-18(26)9-12)25-19(24-14)13-3-4-15(20)16(21)10-13/h3-4,6,8-11H,2,5,7H2,1H3,(H,23,26)(H,22,24,25). The molecule has 26 heavy (non-hydrogen) atoms. The molecule has 1 aromatic carbocycles. The van der Waals surface area contributed by atoms with Gasteiger partial charge in [-0.1, -0.05) is 6.92 Å². The van der Waals surface area contributed by atoms with Gasteiger partial charge in [-0.2, -0.15) is 0 Å². The molecule has 5 nitrogen and oxygen atoms in total. The van der Waals surface area contributed by atoms with E-state index in [4.69, 9.17) is 0 Å². The van der Waals surface area contributed by atoms with Gasteiger partial charge in [0.1, 0.15) is 5.82 Å². The number of aryl methyl sites for hydroxylation is 1. The fourth-order valence-corrected chi connectivity index (χ4v) is 2.51. The second-order valence-corrected chi connectivity index (χ2v) is 5.79. The molecule has 3 rings (SSSR count). The zero-order valence-electron chi connectivity index (χ0n) is 14.2. The first-order valence-electron chi connectivity index (χ1n) is 8.30. The summed E-state index contributed by atoms with van der Waals surface area (Å²) < 4.78 is 26.6. The Hall–Kier alpha value is -3.09. The number of aromatic nitrogens is 3. The lowest BCUT2D eigenvalue weighted by molar-refractivity contribution is 0.509. The summed E-state index contributed by atoms with van der Waals surface area (Å²) in [6.45, 7) is 2.53. The molecular formula is C19H18F2N4O. The smallest absolute Gasteiger partial charge is 0.248 e. The van der Waals surface area contributed by atoms with Crippen molar-refractivity contribution in [1.29, 1.82) is 0 Å². The highest BCUT2D eigenvalue weighted by atomic mass is 19.2. The number of nitrogens with one attached hydrogen (secondary N) is 2. The third-order valence-electron chi connectivity index (χ3n) is 3.88. The summed E-state index contributed by atoms with van der Waals surface area (Å²) in [6.07, 6.45) is 2.94. The number of H-pyrrole nitrogens is 1. The number of anilines is 1. The van der Waals surface area contributed by atoms with Crippen molar-refractivity contribution in [2.75, 3.05) is 11.9 Å². The molecule has 2 N–H and O–H groups in total. The lowest BCUT2D eigenvalue weighted by Gasteiger charge is -2.10. The van der Waals surface area contributed by atoms with E-state index in [0.29, 0.717) is 36.6 Å². The summed E-state index contributed by atoms with van der Waals surface area (Å²) in [5, 5.41) is 3.19. The van der Waals surface area contributed by atoms with Crippen LogP contribution in [0.25, 0.3) is 11.4 Å². The lowest BCUT2D eigenvalue weighted by Crippen LogP contribution is -2.10. The third kappa shape index (κ3) is 4.30. The topological polar surface area (TPSA) is 70.7 Å². The summed E-state index contributed by atoms with van der Waals surface area (Å²) in [5.41, 5.74) is 1.97. The zero-order valence-corrected chi connectivity index (χ0v) is 14.2. The summed E-state index contributed by atoms with van der Waals surface area (Å²) in [5.74, 6) is -0.906. The van der Waals surface area contributed by atoms with E-state index < -0.39 is 11.6 Å². The van der Waals surface area contributed by atoms with Crippen molar-refractivity contribution in [1.82, 2.24) is 15.0 Å². The summed E-state index contributed by atoms with van der Waals surface area (Å²) >= 11 is 0. The number of benzene rings is 1. The normalized spacial score (nSPS) is 10.7. The van der Waals surface area contributed by atoms with Crippen LogP contribution in [-0.2, 0) is 12.8 Å². The average molecular weight is 356 g/mol. The molecule has 0 aliphatic carbocycles. The van der Waals surface area contributed by atoms with Gasteiger partial charge in [0.25, 0.3) is 0 Å². The molecule has 0 saturated heterocycles. The molecule has 0 fully saturated rings. The minimum Gasteiger partial charge on any atom is -0.370 e. The van der Waals surface area contributed by atoms with Crippen LogP contribution in [0, 0.1) is 11.6 Å². The second kappa shape index (κ2) is 7.86. The maximum Gasteiger partial charge on any atom is 0.248 e. The van der Waals surface area contributed by atoms with Gasteiger partial charge < -0.3 is 10.3 Å². The van der Waals surface area contributed by atoms with E-state index in [0.717, 1.165) is 23.4 Å². The third-order valence-corrected chi connectivity index (χ3v) is 3.88. The van der Waals surface area contributed by atoms with Crippen molar-refractivity contribution in [3.8, 4) is 11.4 Å². The molecule has 7 heteroatoms. The molecule has 134 valence electrons. The second-order valence-electron chi connectivity index (χ2n) is 5.79. The fraction of sp³-hybridized carbons (Fsp3) is 0.211. The highest BCUT2D eigenvalue weighted by Gasteiger charge is 2.09. The van der Waals surface area contributed by atoms with Gasteiger partial charge in [-0.05, 0) is 42.7 Å². The van der Waals surface area contributed by atoms with E-state index in [1.807, 2.05) is 19.1 Å². The van der Waals surface area contributed by atoms with Crippen molar-refractivity contribution in [3.05, 3.63) is 75.8 Å². The molecule has 2 aromatic heterocycles. The fourth-order valence-electron chi connectivity index (χ4n) is 2.51. The summed E-state index contributed by atoms with van der Waals surface area (Å²) in [6, 6.07) is 8.81. The van der Waals surface area contributed by atoms with E-state index in [2.05, 4.69) is 20.3 Å². The van der Waals surface area contributed by atoms with Crippen molar-refractivity contribution < 1.29 is 8.78 Å². The number of hydrogen-bond donors (Lipinski definition) is 2. The van der Waals surface area contributed by atoms with Gasteiger partial charge in [-0.25, -0.2) is 18.7 Å². The van der Waals surface area contributed by atoms with Crippen LogP contribution >= 0.6 is 0 Å². The average Bonchev–Trinajstić information content (AvgIpc) is 2.64. The molecule has 0 aliphatic heterocycles. The molecular weight excluding hydrogens is 338 g/mol. The molecule has 2 heterocycles. The first kappa shape index (κ1) is 17.7. The van der Waals surface area contributed by atoms with Gasteiger partial charge in [-0.3, -0.25) is 4.79 Å². The predicted molar refractivity (Wildman–Crippen MR) is 96.0 cm³/mol. The van der Waals surface area contributed by atoms with Crippen LogP contribution < -0.4 is 10.9 Å². The van der Waals surface area contributed by atoms with E-state index in [-0.39, 0.29) is 5.56 Å². The molecule has 0 bridgehead atoms. The maximum atomic E-state index is 13.5. The molecule has 0 radical (unpaired) electrons. The largest absolute Gasteiger partial charge is 0.370 e. The Balaban J connectivity index is 1.78. The molecule has 0 saturated carbocycles. The number of aromatic amines is 1. The van der Waals surface area contributed by atoms with Crippen molar-refractivity contribution in [2.45, 2.75) is 19.8 Å². The van der Waals surface area contributed by atoms with E-state index in [1.54, 1.807) is 12.3 Å².